The summed E-state index contributed by atoms with van der Waals surface area (Å²) in [7, 11) is 1.59. The molecule has 0 saturated heterocycles. The van der Waals surface area contributed by atoms with E-state index >= 15 is 0 Å². The second-order valence-electron chi connectivity index (χ2n) is 5.82. The van der Waals surface area contributed by atoms with Gasteiger partial charge in [0.15, 0.2) is 0 Å². The Morgan fingerprint density at radius 1 is 1.33 bits per heavy atom. The average Bonchev–Trinajstić information content (AvgIpc) is 2.23. The number of methoxy groups -OCH3 is 1. The minimum Gasteiger partial charge on any atom is -0.496 e. The van der Waals surface area contributed by atoms with Crippen LogP contribution in [0.5, 0.6) is 5.75 Å². The zero-order chi connectivity index (χ0) is 13.6. The van der Waals surface area contributed by atoms with Crippen molar-refractivity contribution in [3.8, 4) is 5.75 Å². The molecule has 0 amide bonds. The third-order valence-electron chi connectivity index (χ3n) is 3.95. The number of aryl methyl sites for hydroxylation is 1. The Labute approximate surface area is 108 Å². The highest BCUT2D eigenvalue weighted by Gasteiger charge is 2.40. The van der Waals surface area contributed by atoms with Crippen molar-refractivity contribution in [1.29, 1.82) is 0 Å². The number of rotatable bonds is 3. The van der Waals surface area contributed by atoms with Crippen molar-refractivity contribution in [3.05, 3.63) is 28.8 Å². The molecule has 18 heavy (non-hydrogen) atoms. The number of benzene rings is 1. The van der Waals surface area contributed by atoms with Crippen LogP contribution in [0.4, 0.5) is 4.39 Å². The summed E-state index contributed by atoms with van der Waals surface area (Å²) in [6.45, 7) is 5.11. The van der Waals surface area contributed by atoms with E-state index in [2.05, 4.69) is 0 Å². The van der Waals surface area contributed by atoms with Crippen LogP contribution in [-0.2, 0) is 11.2 Å². The average molecular weight is 251 g/mol. The van der Waals surface area contributed by atoms with Crippen LogP contribution in [0.25, 0.3) is 0 Å². The van der Waals surface area contributed by atoms with E-state index in [-0.39, 0.29) is 5.54 Å². The van der Waals surface area contributed by atoms with Crippen LogP contribution in [0.15, 0.2) is 12.1 Å². The molecular formula is C15H22FNO. The molecule has 0 bridgehead atoms. The standard InChI is InChI=1S/C15H22FNO/c1-10-6-7-11(14(2,3)16)13(18-4)12(10)15(17)8-5-9-15/h6-7H,5,8-9,17H2,1-4H3. The van der Waals surface area contributed by atoms with Gasteiger partial charge in [-0.1, -0.05) is 12.1 Å². The first kappa shape index (κ1) is 13.3. The molecule has 0 aromatic heterocycles. The van der Waals surface area contributed by atoms with E-state index in [0.717, 1.165) is 30.4 Å². The van der Waals surface area contributed by atoms with Gasteiger partial charge in [-0.25, -0.2) is 4.39 Å². The molecule has 1 aliphatic carbocycles. The minimum atomic E-state index is -1.42. The molecule has 2 nitrogen and oxygen atoms in total. The van der Waals surface area contributed by atoms with Crippen molar-refractivity contribution in [1.82, 2.24) is 0 Å². The summed E-state index contributed by atoms with van der Waals surface area (Å²) in [5, 5.41) is 0. The topological polar surface area (TPSA) is 35.2 Å². The van der Waals surface area contributed by atoms with Gasteiger partial charge in [0.1, 0.15) is 11.4 Å². The summed E-state index contributed by atoms with van der Waals surface area (Å²) in [5.41, 5.74) is 7.31. The molecule has 1 aromatic rings. The molecule has 2 rings (SSSR count). The molecule has 0 atom stereocenters. The SMILES string of the molecule is COc1c(C(C)(C)F)ccc(C)c1C1(N)CCC1. The highest BCUT2D eigenvalue weighted by atomic mass is 19.1. The van der Waals surface area contributed by atoms with Crippen molar-refractivity contribution in [2.45, 2.75) is 51.2 Å². The number of ether oxygens (including phenoxy) is 1. The molecule has 1 fully saturated rings. The van der Waals surface area contributed by atoms with Gasteiger partial charge >= 0.3 is 0 Å². The zero-order valence-corrected chi connectivity index (χ0v) is 11.6. The fourth-order valence-corrected chi connectivity index (χ4v) is 2.79. The number of alkyl halides is 1. The van der Waals surface area contributed by atoms with Gasteiger partial charge in [-0.2, -0.15) is 0 Å². The molecule has 0 unspecified atom stereocenters. The lowest BCUT2D eigenvalue weighted by Gasteiger charge is -2.41. The first-order valence-corrected chi connectivity index (χ1v) is 6.46. The maximum atomic E-state index is 14.3. The van der Waals surface area contributed by atoms with E-state index in [1.807, 2.05) is 13.0 Å². The Bertz CT molecular complexity index is 458. The van der Waals surface area contributed by atoms with E-state index in [1.54, 1.807) is 27.0 Å². The summed E-state index contributed by atoms with van der Waals surface area (Å²) < 4.78 is 19.8. The lowest BCUT2D eigenvalue weighted by atomic mass is 9.70. The second-order valence-corrected chi connectivity index (χ2v) is 5.82. The highest BCUT2D eigenvalue weighted by molar-refractivity contribution is 5.52. The summed E-state index contributed by atoms with van der Waals surface area (Å²) in [4.78, 5) is 0. The van der Waals surface area contributed by atoms with E-state index in [1.165, 1.54) is 0 Å². The molecule has 0 aliphatic heterocycles. The van der Waals surface area contributed by atoms with Crippen LogP contribution in [-0.4, -0.2) is 7.11 Å². The van der Waals surface area contributed by atoms with Gasteiger partial charge in [0.25, 0.3) is 0 Å². The van der Waals surface area contributed by atoms with Crippen LogP contribution >= 0.6 is 0 Å². The zero-order valence-electron chi connectivity index (χ0n) is 11.6. The number of hydrogen-bond acceptors (Lipinski definition) is 2. The van der Waals surface area contributed by atoms with Crippen molar-refractivity contribution in [2.75, 3.05) is 7.11 Å². The second kappa shape index (κ2) is 4.23. The van der Waals surface area contributed by atoms with Crippen LogP contribution in [0.3, 0.4) is 0 Å². The lowest BCUT2D eigenvalue weighted by Crippen LogP contribution is -2.44. The Morgan fingerprint density at radius 3 is 2.33 bits per heavy atom. The molecule has 1 aromatic carbocycles. The van der Waals surface area contributed by atoms with Crippen LogP contribution in [0, 0.1) is 6.92 Å². The highest BCUT2D eigenvalue weighted by Crippen LogP contribution is 2.47. The van der Waals surface area contributed by atoms with Crippen molar-refractivity contribution in [2.24, 2.45) is 5.73 Å². The van der Waals surface area contributed by atoms with E-state index < -0.39 is 5.67 Å². The molecule has 1 aliphatic rings. The summed E-state index contributed by atoms with van der Waals surface area (Å²) in [6, 6.07) is 3.75. The van der Waals surface area contributed by atoms with Gasteiger partial charge in [-0.15, -0.1) is 0 Å². The third-order valence-corrected chi connectivity index (χ3v) is 3.95. The Morgan fingerprint density at radius 2 is 1.94 bits per heavy atom. The Hall–Kier alpha value is -1.09. The maximum Gasteiger partial charge on any atom is 0.134 e. The molecule has 0 heterocycles. The minimum absolute atomic E-state index is 0.337. The molecule has 0 spiro atoms. The van der Waals surface area contributed by atoms with E-state index in [4.69, 9.17) is 10.5 Å². The van der Waals surface area contributed by atoms with E-state index in [0.29, 0.717) is 11.3 Å². The monoisotopic (exact) mass is 251 g/mol. The van der Waals surface area contributed by atoms with Gasteiger partial charge in [0.05, 0.1) is 7.11 Å². The van der Waals surface area contributed by atoms with Gasteiger partial charge < -0.3 is 10.5 Å². The Balaban J connectivity index is 2.64. The largest absolute Gasteiger partial charge is 0.496 e. The van der Waals surface area contributed by atoms with Crippen LogP contribution in [0.2, 0.25) is 0 Å². The van der Waals surface area contributed by atoms with Gasteiger partial charge in [0.2, 0.25) is 0 Å². The first-order valence-electron chi connectivity index (χ1n) is 6.46. The summed E-state index contributed by atoms with van der Waals surface area (Å²) in [5.74, 6) is 0.629. The Kier molecular flexibility index (Phi) is 3.14. The van der Waals surface area contributed by atoms with E-state index in [9.17, 15) is 4.39 Å². The lowest BCUT2D eigenvalue weighted by molar-refractivity contribution is 0.206. The molecule has 0 radical (unpaired) electrons. The van der Waals surface area contributed by atoms with Crippen LogP contribution in [0.1, 0.15) is 49.8 Å². The fourth-order valence-electron chi connectivity index (χ4n) is 2.79. The molecule has 1 saturated carbocycles. The molecule has 2 N–H and O–H groups in total. The number of hydrogen-bond donors (Lipinski definition) is 1. The predicted octanol–water partition coefficient (Wildman–Crippen LogP) is 3.55. The predicted molar refractivity (Wildman–Crippen MR) is 71.6 cm³/mol. The van der Waals surface area contributed by atoms with Gasteiger partial charge in [-0.05, 0) is 45.6 Å². The summed E-state index contributed by atoms with van der Waals surface area (Å²) >= 11 is 0. The quantitative estimate of drug-likeness (QED) is 0.891. The normalized spacial score (nSPS) is 18.3. The third kappa shape index (κ3) is 2.01. The molecule has 3 heteroatoms. The fraction of sp³-hybridized carbons (Fsp3) is 0.600. The van der Waals surface area contributed by atoms with Crippen LogP contribution < -0.4 is 10.5 Å². The summed E-state index contributed by atoms with van der Waals surface area (Å²) in [6.07, 6.45) is 3.02. The maximum absolute atomic E-state index is 14.3. The number of nitrogens with two attached hydrogens (primary N) is 1. The van der Waals surface area contributed by atoms with Gasteiger partial charge in [-0.3, -0.25) is 0 Å². The van der Waals surface area contributed by atoms with Crippen molar-refractivity contribution < 1.29 is 9.13 Å². The first-order chi connectivity index (χ1) is 8.29. The van der Waals surface area contributed by atoms with Crippen molar-refractivity contribution >= 4 is 0 Å². The van der Waals surface area contributed by atoms with Gasteiger partial charge in [0, 0.05) is 16.7 Å². The number of halogens is 1. The molecular weight excluding hydrogens is 229 g/mol. The smallest absolute Gasteiger partial charge is 0.134 e. The molecule has 100 valence electrons. The van der Waals surface area contributed by atoms with Crippen molar-refractivity contribution in [3.63, 3.8) is 0 Å².